The highest BCUT2D eigenvalue weighted by atomic mass is 16.5. The van der Waals surface area contributed by atoms with Crippen LogP contribution in [0.4, 0.5) is 0 Å². The summed E-state index contributed by atoms with van der Waals surface area (Å²) in [5.74, 6) is 0.783. The molecule has 3 N–H and O–H groups in total. The van der Waals surface area contributed by atoms with Crippen molar-refractivity contribution in [2.45, 2.75) is 25.5 Å². The van der Waals surface area contributed by atoms with Crippen LogP contribution in [0.1, 0.15) is 25.0 Å². The van der Waals surface area contributed by atoms with E-state index in [1.165, 1.54) is 0 Å². The summed E-state index contributed by atoms with van der Waals surface area (Å²) in [5, 5.41) is 9.79. The molecule has 78 valence electrons. The Morgan fingerprint density at radius 3 is 2.36 bits per heavy atom. The molecule has 0 radical (unpaired) electrons. The molecule has 0 spiro atoms. The summed E-state index contributed by atoms with van der Waals surface area (Å²) in [7, 11) is 1.61. The summed E-state index contributed by atoms with van der Waals surface area (Å²) in [5.41, 5.74) is 6.57. The third-order valence-corrected chi connectivity index (χ3v) is 2.33. The predicted molar refractivity (Wildman–Crippen MR) is 56.2 cm³/mol. The first-order chi connectivity index (χ1) is 6.69. The number of aliphatic hydroxyl groups is 1. The maximum atomic E-state index is 9.79. The van der Waals surface area contributed by atoms with Crippen LogP contribution < -0.4 is 10.5 Å². The molecule has 0 fully saturated rings. The molecule has 14 heavy (non-hydrogen) atoms. The fourth-order valence-corrected chi connectivity index (χ4v) is 1.27. The van der Waals surface area contributed by atoms with Crippen LogP contribution in [-0.4, -0.2) is 18.3 Å². The molecule has 1 aromatic carbocycles. The molecule has 0 heterocycles. The van der Waals surface area contributed by atoms with Gasteiger partial charge in [-0.25, -0.2) is 0 Å². The molecule has 0 bridgehead atoms. The van der Waals surface area contributed by atoms with Gasteiger partial charge in [-0.3, -0.25) is 0 Å². The van der Waals surface area contributed by atoms with Crippen molar-refractivity contribution < 1.29 is 9.84 Å². The fourth-order valence-electron chi connectivity index (χ4n) is 1.27. The molecule has 0 aromatic heterocycles. The van der Waals surface area contributed by atoms with Gasteiger partial charge in [0.05, 0.1) is 13.2 Å². The summed E-state index contributed by atoms with van der Waals surface area (Å²) in [4.78, 5) is 0. The molecule has 0 amide bonds. The number of aliphatic hydroxyl groups excluding tert-OH is 1. The zero-order valence-corrected chi connectivity index (χ0v) is 8.60. The maximum absolute atomic E-state index is 9.79. The smallest absolute Gasteiger partial charge is 0.118 e. The molecule has 2 atom stereocenters. The Bertz CT molecular complexity index is 271. The Labute approximate surface area is 84.5 Å². The predicted octanol–water partition coefficient (Wildman–Crippen LogP) is 1.47. The molecular formula is C11H17NO2. The molecular weight excluding hydrogens is 178 g/mol. The van der Waals surface area contributed by atoms with E-state index < -0.39 is 6.10 Å². The van der Waals surface area contributed by atoms with Crippen molar-refractivity contribution in [2.75, 3.05) is 7.11 Å². The summed E-state index contributed by atoms with van der Waals surface area (Å²) < 4.78 is 5.02. The van der Waals surface area contributed by atoms with Gasteiger partial charge in [0.15, 0.2) is 0 Å². The van der Waals surface area contributed by atoms with Crippen molar-refractivity contribution >= 4 is 0 Å². The second kappa shape index (κ2) is 4.98. The van der Waals surface area contributed by atoms with E-state index in [4.69, 9.17) is 10.5 Å². The molecule has 1 aromatic rings. The lowest BCUT2D eigenvalue weighted by Crippen LogP contribution is -2.27. The van der Waals surface area contributed by atoms with Crippen molar-refractivity contribution in [3.8, 4) is 5.75 Å². The number of nitrogens with two attached hydrogens (primary N) is 1. The average Bonchev–Trinajstić information content (AvgIpc) is 2.27. The Morgan fingerprint density at radius 1 is 1.36 bits per heavy atom. The van der Waals surface area contributed by atoms with E-state index in [1.807, 2.05) is 31.2 Å². The van der Waals surface area contributed by atoms with E-state index in [-0.39, 0.29) is 6.04 Å². The SMILES string of the molecule is CC[C@@H](N)[C@@H](O)c1ccc(OC)cc1. The van der Waals surface area contributed by atoms with E-state index >= 15 is 0 Å². The van der Waals surface area contributed by atoms with Crippen molar-refractivity contribution in [3.63, 3.8) is 0 Å². The van der Waals surface area contributed by atoms with Crippen LogP contribution in [0.2, 0.25) is 0 Å². The van der Waals surface area contributed by atoms with Crippen molar-refractivity contribution in [2.24, 2.45) is 5.73 Å². The van der Waals surface area contributed by atoms with Gasteiger partial charge < -0.3 is 15.6 Å². The first-order valence-electron chi connectivity index (χ1n) is 4.76. The zero-order valence-electron chi connectivity index (χ0n) is 8.60. The van der Waals surface area contributed by atoms with Gasteiger partial charge in [-0.15, -0.1) is 0 Å². The largest absolute Gasteiger partial charge is 0.497 e. The van der Waals surface area contributed by atoms with E-state index in [2.05, 4.69) is 0 Å². The minimum atomic E-state index is -0.592. The van der Waals surface area contributed by atoms with E-state index in [9.17, 15) is 5.11 Å². The maximum Gasteiger partial charge on any atom is 0.118 e. The molecule has 0 aliphatic rings. The fraction of sp³-hybridized carbons (Fsp3) is 0.455. The monoisotopic (exact) mass is 195 g/mol. The van der Waals surface area contributed by atoms with E-state index in [0.717, 1.165) is 17.7 Å². The van der Waals surface area contributed by atoms with Crippen molar-refractivity contribution in [1.29, 1.82) is 0 Å². The highest BCUT2D eigenvalue weighted by molar-refractivity contribution is 5.28. The molecule has 0 aliphatic heterocycles. The van der Waals surface area contributed by atoms with Crippen LogP contribution in [0, 0.1) is 0 Å². The Hall–Kier alpha value is -1.06. The van der Waals surface area contributed by atoms with Crippen LogP contribution in [0.25, 0.3) is 0 Å². The minimum Gasteiger partial charge on any atom is -0.497 e. The molecule has 1 rings (SSSR count). The Balaban J connectivity index is 2.75. The molecule has 0 saturated heterocycles. The lowest BCUT2D eigenvalue weighted by Gasteiger charge is -2.17. The van der Waals surface area contributed by atoms with Crippen LogP contribution in [0.15, 0.2) is 24.3 Å². The minimum absolute atomic E-state index is 0.205. The number of methoxy groups -OCH3 is 1. The third kappa shape index (κ3) is 2.47. The van der Waals surface area contributed by atoms with Gasteiger partial charge in [-0.1, -0.05) is 19.1 Å². The van der Waals surface area contributed by atoms with Crippen molar-refractivity contribution in [3.05, 3.63) is 29.8 Å². The first-order valence-corrected chi connectivity index (χ1v) is 4.76. The highest BCUT2D eigenvalue weighted by Gasteiger charge is 2.14. The van der Waals surface area contributed by atoms with Gasteiger partial charge in [-0.2, -0.15) is 0 Å². The molecule has 0 unspecified atom stereocenters. The lowest BCUT2D eigenvalue weighted by molar-refractivity contribution is 0.144. The van der Waals surface area contributed by atoms with Gasteiger partial charge in [-0.05, 0) is 24.1 Å². The average molecular weight is 195 g/mol. The van der Waals surface area contributed by atoms with Gasteiger partial charge >= 0.3 is 0 Å². The van der Waals surface area contributed by atoms with Crippen LogP contribution in [0.3, 0.4) is 0 Å². The van der Waals surface area contributed by atoms with Crippen molar-refractivity contribution in [1.82, 2.24) is 0 Å². The summed E-state index contributed by atoms with van der Waals surface area (Å²) in [6.45, 7) is 1.96. The quantitative estimate of drug-likeness (QED) is 0.764. The topological polar surface area (TPSA) is 55.5 Å². The molecule has 0 aliphatic carbocycles. The van der Waals surface area contributed by atoms with Crippen LogP contribution >= 0.6 is 0 Å². The number of rotatable bonds is 4. The Morgan fingerprint density at radius 2 is 1.93 bits per heavy atom. The van der Waals surface area contributed by atoms with Crippen LogP contribution in [-0.2, 0) is 0 Å². The van der Waals surface area contributed by atoms with E-state index in [0.29, 0.717) is 0 Å². The zero-order chi connectivity index (χ0) is 10.6. The van der Waals surface area contributed by atoms with Crippen LogP contribution in [0.5, 0.6) is 5.75 Å². The highest BCUT2D eigenvalue weighted by Crippen LogP contribution is 2.20. The molecule has 0 saturated carbocycles. The molecule has 3 heteroatoms. The standard InChI is InChI=1S/C11H17NO2/c1-3-10(12)11(13)8-4-6-9(14-2)7-5-8/h4-7,10-11,13H,3,12H2,1-2H3/t10-,11+/m1/s1. The van der Waals surface area contributed by atoms with Gasteiger partial charge in [0, 0.05) is 6.04 Å². The summed E-state index contributed by atoms with van der Waals surface area (Å²) in [6, 6.07) is 7.10. The second-order valence-corrected chi connectivity index (χ2v) is 3.29. The number of ether oxygens (including phenoxy) is 1. The Kier molecular flexibility index (Phi) is 3.92. The second-order valence-electron chi connectivity index (χ2n) is 3.29. The third-order valence-electron chi connectivity index (χ3n) is 2.33. The van der Waals surface area contributed by atoms with Gasteiger partial charge in [0.2, 0.25) is 0 Å². The number of hydrogen-bond acceptors (Lipinski definition) is 3. The molecule has 3 nitrogen and oxygen atoms in total. The number of benzene rings is 1. The normalized spacial score (nSPS) is 14.9. The number of hydrogen-bond donors (Lipinski definition) is 2. The van der Waals surface area contributed by atoms with Gasteiger partial charge in [0.25, 0.3) is 0 Å². The van der Waals surface area contributed by atoms with E-state index in [1.54, 1.807) is 7.11 Å². The van der Waals surface area contributed by atoms with Gasteiger partial charge in [0.1, 0.15) is 5.75 Å². The first kappa shape index (κ1) is 11.0. The lowest BCUT2D eigenvalue weighted by atomic mass is 10.0. The summed E-state index contributed by atoms with van der Waals surface area (Å²) in [6.07, 6.45) is 0.165. The summed E-state index contributed by atoms with van der Waals surface area (Å²) >= 11 is 0.